The molecule has 0 saturated carbocycles. The molecular weight excluding hydrogens is 764 g/mol. The normalized spacial score (nSPS) is 14.4. The van der Waals surface area contributed by atoms with Gasteiger partial charge < -0.3 is 0 Å². The van der Waals surface area contributed by atoms with Crippen molar-refractivity contribution in [3.63, 3.8) is 0 Å². The molecule has 0 fully saturated rings. The zero-order chi connectivity index (χ0) is 41.7. The lowest BCUT2D eigenvalue weighted by Crippen LogP contribution is -2.63. The van der Waals surface area contributed by atoms with Crippen LogP contribution in [0.1, 0.15) is 152 Å². The maximum absolute atomic E-state index is 16.0. The molecule has 3 nitrogen and oxygen atoms in total. The van der Waals surface area contributed by atoms with Crippen LogP contribution in [-0.4, -0.2) is 31.7 Å². The van der Waals surface area contributed by atoms with Gasteiger partial charge in [0.15, 0.2) is 0 Å². The quantitative estimate of drug-likeness (QED) is 0.152. The summed E-state index contributed by atoms with van der Waals surface area (Å²) in [5.74, 6) is -17.1. The Hall–Kier alpha value is -2.71. The van der Waals surface area contributed by atoms with Gasteiger partial charge in [0.05, 0.1) is 0 Å². The first-order valence-corrected chi connectivity index (χ1v) is 20.8. The summed E-state index contributed by atoms with van der Waals surface area (Å²) in [4.78, 5) is 0.0569. The second kappa shape index (κ2) is 15.7. The second-order valence-corrected chi connectivity index (χ2v) is 19.9. The van der Waals surface area contributed by atoms with Gasteiger partial charge in [0.1, 0.15) is 0 Å². The fourth-order valence-corrected chi connectivity index (χ4v) is 12.6. The zero-order valence-electron chi connectivity index (χ0n) is 32.6. The maximum atomic E-state index is 16.0. The molecule has 54 heavy (non-hydrogen) atoms. The van der Waals surface area contributed by atoms with Gasteiger partial charge in [-0.15, -0.1) is 0 Å². The average Bonchev–Trinajstić information content (AvgIpc) is 3.05. The number of alkyl halides is 9. The lowest BCUT2D eigenvalue weighted by atomic mass is 9.89. The Labute approximate surface area is 315 Å². The Morgan fingerprint density at radius 1 is 0.481 bits per heavy atom. The summed E-state index contributed by atoms with van der Waals surface area (Å²) in [6, 6.07) is 14.2. The predicted molar refractivity (Wildman–Crippen MR) is 197 cm³/mol. The van der Waals surface area contributed by atoms with Gasteiger partial charge >= 0.3 is 33.4 Å². The molecule has 0 heterocycles. The van der Waals surface area contributed by atoms with E-state index in [1.807, 2.05) is 27.7 Å². The maximum Gasteiger partial charge on any atom is 0.460 e. The SMILES string of the molecule is CC(C)c1cc(C(C)C)c(S(OS(=O)(=O)C(F)(F)C(F)(F)C(F)(F)C(F)(F)F)(c2ccccc2)c2c(C(C)C)cc(C(C)C)cc2C(C)C)c(C(C)C)c1. The number of hydrogen-bond donors (Lipinski definition) is 0. The summed E-state index contributed by atoms with van der Waals surface area (Å²) in [7, 11) is -11.7. The van der Waals surface area contributed by atoms with E-state index < -0.39 is 67.4 Å². The van der Waals surface area contributed by atoms with Gasteiger partial charge in [-0.3, -0.25) is 0 Å². The van der Waals surface area contributed by atoms with E-state index in [1.165, 1.54) is 30.3 Å². The van der Waals surface area contributed by atoms with Crippen molar-refractivity contribution in [2.24, 2.45) is 0 Å². The van der Waals surface area contributed by atoms with E-state index in [0.717, 1.165) is 11.1 Å². The topological polar surface area (TPSA) is 43.4 Å². The lowest BCUT2D eigenvalue weighted by Gasteiger charge is -2.47. The fourth-order valence-electron chi connectivity index (χ4n) is 6.20. The van der Waals surface area contributed by atoms with Crippen LogP contribution in [0.5, 0.6) is 0 Å². The van der Waals surface area contributed by atoms with Crippen molar-refractivity contribution >= 4 is 20.4 Å². The molecule has 0 atom stereocenters. The van der Waals surface area contributed by atoms with Gasteiger partial charge in [-0.25, -0.2) is 3.63 Å². The van der Waals surface area contributed by atoms with Gasteiger partial charge in [-0.2, -0.15) is 47.9 Å². The molecule has 0 unspecified atom stereocenters. The molecule has 0 aliphatic rings. The van der Waals surface area contributed by atoms with Crippen LogP contribution in [0.3, 0.4) is 0 Å². The van der Waals surface area contributed by atoms with Gasteiger partial charge in [0.25, 0.3) is 0 Å². The monoisotopic (exact) mass is 814 g/mol. The molecule has 0 aromatic heterocycles. The Kier molecular flexibility index (Phi) is 13.3. The van der Waals surface area contributed by atoms with E-state index in [0.29, 0.717) is 22.3 Å². The number of hydrogen-bond acceptors (Lipinski definition) is 3. The average molecular weight is 815 g/mol. The smallest absolute Gasteiger partial charge is 0.202 e. The molecule has 3 aromatic carbocycles. The van der Waals surface area contributed by atoms with E-state index in [-0.39, 0.29) is 26.5 Å². The molecule has 0 spiro atoms. The highest BCUT2D eigenvalue weighted by Crippen LogP contribution is 2.76. The molecule has 0 radical (unpaired) electrons. The van der Waals surface area contributed by atoms with Crippen molar-refractivity contribution in [3.8, 4) is 0 Å². The van der Waals surface area contributed by atoms with Crippen molar-refractivity contribution in [1.29, 1.82) is 0 Å². The van der Waals surface area contributed by atoms with Gasteiger partial charge in [-0.1, -0.05) is 126 Å². The highest BCUT2D eigenvalue weighted by Gasteiger charge is 2.86. The van der Waals surface area contributed by atoms with Crippen molar-refractivity contribution in [1.82, 2.24) is 0 Å². The summed E-state index contributed by atoms with van der Waals surface area (Å²) in [6.07, 6.45) is -7.25. The van der Waals surface area contributed by atoms with E-state index in [9.17, 15) is 30.4 Å². The summed E-state index contributed by atoms with van der Waals surface area (Å²) in [5, 5.41) is -7.09. The third kappa shape index (κ3) is 7.81. The van der Waals surface area contributed by atoms with Gasteiger partial charge in [-0.05, 0) is 91.3 Å². The van der Waals surface area contributed by atoms with E-state index in [1.54, 1.807) is 79.7 Å². The van der Waals surface area contributed by atoms with E-state index in [4.69, 9.17) is 3.63 Å². The highest BCUT2D eigenvalue weighted by atomic mass is 32.3. The van der Waals surface area contributed by atoms with Gasteiger partial charge in [0.2, 0.25) is 0 Å². The minimum atomic E-state index is -7.49. The van der Waals surface area contributed by atoms with Crippen LogP contribution in [0.4, 0.5) is 39.5 Å². The minimum absolute atomic E-state index is 0.0643. The van der Waals surface area contributed by atoms with Crippen LogP contribution in [-0.2, 0) is 13.7 Å². The van der Waals surface area contributed by atoms with Crippen molar-refractivity contribution in [2.45, 2.75) is 157 Å². The molecule has 0 saturated heterocycles. The lowest BCUT2D eigenvalue weighted by molar-refractivity contribution is -0.382. The molecule has 14 heteroatoms. The first-order valence-electron chi connectivity index (χ1n) is 17.8. The summed E-state index contributed by atoms with van der Waals surface area (Å²) >= 11 is 0. The van der Waals surface area contributed by atoms with Crippen LogP contribution in [0.25, 0.3) is 0 Å². The van der Waals surface area contributed by atoms with Crippen LogP contribution < -0.4 is 0 Å². The number of benzene rings is 3. The Morgan fingerprint density at radius 2 is 0.796 bits per heavy atom. The summed E-state index contributed by atoms with van der Waals surface area (Å²) < 4.78 is 165. The molecule has 0 amide bonds. The zero-order valence-corrected chi connectivity index (χ0v) is 34.2. The van der Waals surface area contributed by atoms with Crippen LogP contribution >= 0.6 is 10.3 Å². The van der Waals surface area contributed by atoms with Gasteiger partial charge in [0, 0.05) is 14.7 Å². The molecule has 304 valence electrons. The third-order valence-corrected chi connectivity index (χ3v) is 14.9. The number of halogens is 9. The van der Waals surface area contributed by atoms with Crippen molar-refractivity contribution in [2.75, 3.05) is 0 Å². The first kappa shape index (κ1) is 45.7. The fraction of sp³-hybridized carbons (Fsp3) is 0.550. The molecule has 0 aliphatic carbocycles. The van der Waals surface area contributed by atoms with E-state index in [2.05, 4.69) is 0 Å². The molecule has 0 N–H and O–H groups in total. The standard InChI is InChI=1S/C40H51F9O3S2/c1-22(2)28-18-31(24(5)6)35(32(19-28)25(7)8)53(30-16-14-13-15-17-30,36-33(26(9)10)20-29(23(3)4)21-34(36)27(11)12)52-54(50,51)40(48,49)38(43,44)37(41,42)39(45,46)47/h13-27H,1-12H3. The van der Waals surface area contributed by atoms with E-state index >= 15 is 17.6 Å². The van der Waals surface area contributed by atoms with Crippen LogP contribution in [0.2, 0.25) is 0 Å². The van der Waals surface area contributed by atoms with Crippen molar-refractivity contribution in [3.05, 3.63) is 88.0 Å². The predicted octanol–water partition coefficient (Wildman–Crippen LogP) is 14.4. The molecule has 3 rings (SSSR count). The Balaban J connectivity index is 2.90. The third-order valence-electron chi connectivity index (χ3n) is 9.43. The molecule has 0 bridgehead atoms. The Bertz CT molecular complexity index is 1770. The largest absolute Gasteiger partial charge is 0.460 e. The molecular formula is C40H51F9O3S2. The first-order chi connectivity index (χ1) is 24.4. The minimum Gasteiger partial charge on any atom is -0.202 e. The summed E-state index contributed by atoms with van der Waals surface area (Å²) in [5.41, 5.74) is 3.19. The second-order valence-electron chi connectivity index (χ2n) is 15.5. The number of rotatable bonds is 14. The van der Waals surface area contributed by atoms with Crippen molar-refractivity contribution < 1.29 is 51.6 Å². The molecule has 0 aliphatic heterocycles. The Morgan fingerprint density at radius 3 is 1.06 bits per heavy atom. The summed E-state index contributed by atoms with van der Waals surface area (Å²) in [6.45, 7) is 21.7. The van der Waals surface area contributed by atoms with Crippen LogP contribution in [0, 0.1) is 0 Å². The highest BCUT2D eigenvalue weighted by molar-refractivity contribution is 8.33. The van der Waals surface area contributed by atoms with Crippen LogP contribution in [0.15, 0.2) is 69.3 Å². The molecule has 3 aromatic rings.